The number of ether oxygens (including phenoxy) is 1. The van der Waals surface area contributed by atoms with Gasteiger partial charge in [0.2, 0.25) is 5.91 Å². The molecule has 1 aromatic carbocycles. The summed E-state index contributed by atoms with van der Waals surface area (Å²) in [7, 11) is 1.17. The van der Waals surface area contributed by atoms with Crippen LogP contribution in [0.1, 0.15) is 21.5 Å². The van der Waals surface area contributed by atoms with E-state index in [2.05, 4.69) is 0 Å². The number of amides is 1. The lowest BCUT2D eigenvalue weighted by atomic mass is 10.0. The maximum atomic E-state index is 12.6. The van der Waals surface area contributed by atoms with Crippen molar-refractivity contribution in [3.8, 4) is 11.8 Å². The monoisotopic (exact) mass is 244 g/mol. The van der Waals surface area contributed by atoms with Crippen LogP contribution in [0.4, 0.5) is 13.2 Å². The number of carbonyl (C=O) groups is 1. The van der Waals surface area contributed by atoms with Crippen LogP contribution in [0.2, 0.25) is 0 Å². The van der Waals surface area contributed by atoms with Crippen LogP contribution in [0.15, 0.2) is 12.1 Å². The Morgan fingerprint density at radius 2 is 2.06 bits per heavy atom. The van der Waals surface area contributed by atoms with Gasteiger partial charge in [0, 0.05) is 0 Å². The van der Waals surface area contributed by atoms with Gasteiger partial charge in [-0.1, -0.05) is 0 Å². The van der Waals surface area contributed by atoms with Crippen molar-refractivity contribution in [2.45, 2.75) is 6.18 Å². The average Bonchev–Trinajstić information content (AvgIpc) is 2.25. The lowest BCUT2D eigenvalue weighted by molar-refractivity contribution is -0.137. The van der Waals surface area contributed by atoms with Crippen LogP contribution in [-0.4, -0.2) is 13.0 Å². The Kier molecular flexibility index (Phi) is 3.27. The molecule has 90 valence electrons. The van der Waals surface area contributed by atoms with Crippen LogP contribution < -0.4 is 10.5 Å². The number of benzene rings is 1. The van der Waals surface area contributed by atoms with Crippen molar-refractivity contribution in [2.75, 3.05) is 7.11 Å². The van der Waals surface area contributed by atoms with Crippen molar-refractivity contribution in [1.82, 2.24) is 0 Å². The van der Waals surface area contributed by atoms with E-state index in [1.165, 1.54) is 7.11 Å². The van der Waals surface area contributed by atoms with Crippen molar-refractivity contribution < 1.29 is 22.7 Å². The normalized spacial score (nSPS) is 10.8. The molecule has 1 rings (SSSR count). The lowest BCUT2D eigenvalue weighted by Crippen LogP contribution is -2.19. The smallest absolute Gasteiger partial charge is 0.417 e. The molecule has 0 aromatic heterocycles. The number of methoxy groups -OCH3 is 1. The van der Waals surface area contributed by atoms with Gasteiger partial charge in [-0.25, -0.2) is 0 Å². The van der Waals surface area contributed by atoms with Gasteiger partial charge in [0.15, 0.2) is 0 Å². The molecule has 0 aliphatic carbocycles. The summed E-state index contributed by atoms with van der Waals surface area (Å²) in [6.45, 7) is 0. The van der Waals surface area contributed by atoms with Crippen LogP contribution in [0.5, 0.6) is 5.75 Å². The molecule has 0 saturated heterocycles. The third-order valence-electron chi connectivity index (χ3n) is 2.03. The number of rotatable bonds is 2. The van der Waals surface area contributed by atoms with E-state index in [-0.39, 0.29) is 11.3 Å². The Morgan fingerprint density at radius 3 is 2.41 bits per heavy atom. The van der Waals surface area contributed by atoms with Crippen LogP contribution in [0.3, 0.4) is 0 Å². The number of primary amides is 1. The molecule has 0 heterocycles. The molecule has 0 radical (unpaired) electrons. The number of halogens is 3. The fourth-order valence-corrected chi connectivity index (χ4v) is 1.27. The molecular weight excluding hydrogens is 237 g/mol. The van der Waals surface area contributed by atoms with Crippen molar-refractivity contribution >= 4 is 5.91 Å². The van der Waals surface area contributed by atoms with Gasteiger partial charge in [-0.2, -0.15) is 18.4 Å². The molecule has 0 spiro atoms. The van der Waals surface area contributed by atoms with Crippen LogP contribution in [0.25, 0.3) is 0 Å². The highest BCUT2D eigenvalue weighted by atomic mass is 19.4. The molecule has 0 saturated carbocycles. The van der Waals surface area contributed by atoms with E-state index in [0.717, 1.165) is 6.07 Å². The predicted molar refractivity (Wildman–Crippen MR) is 51.2 cm³/mol. The SMILES string of the molecule is COc1cc(C(N)=O)c(C(F)(F)F)cc1C#N. The molecule has 17 heavy (non-hydrogen) atoms. The minimum Gasteiger partial charge on any atom is -0.495 e. The summed E-state index contributed by atoms with van der Waals surface area (Å²) in [6, 6.07) is 2.90. The van der Waals surface area contributed by atoms with Crippen LogP contribution in [-0.2, 0) is 6.18 Å². The second-order valence-corrected chi connectivity index (χ2v) is 3.07. The quantitative estimate of drug-likeness (QED) is 0.859. The Hall–Kier alpha value is -2.23. The number of carbonyl (C=O) groups excluding carboxylic acids is 1. The van der Waals surface area contributed by atoms with Gasteiger partial charge in [-0.15, -0.1) is 0 Å². The summed E-state index contributed by atoms with van der Waals surface area (Å²) in [5, 5.41) is 8.66. The molecule has 2 N–H and O–H groups in total. The molecular formula is C10H7F3N2O2. The van der Waals surface area contributed by atoms with Crippen molar-refractivity contribution in [2.24, 2.45) is 5.73 Å². The van der Waals surface area contributed by atoms with Gasteiger partial charge in [-0.3, -0.25) is 4.79 Å². The van der Waals surface area contributed by atoms with E-state index in [1.54, 1.807) is 6.07 Å². The number of hydrogen-bond donors (Lipinski definition) is 1. The van der Waals surface area contributed by atoms with Gasteiger partial charge < -0.3 is 10.5 Å². The first kappa shape index (κ1) is 12.8. The zero-order valence-electron chi connectivity index (χ0n) is 8.63. The number of nitriles is 1. The van der Waals surface area contributed by atoms with Gasteiger partial charge in [0.25, 0.3) is 0 Å². The maximum absolute atomic E-state index is 12.6. The van der Waals surface area contributed by atoms with Gasteiger partial charge in [0.1, 0.15) is 11.8 Å². The maximum Gasteiger partial charge on any atom is 0.417 e. The third kappa shape index (κ3) is 2.47. The van der Waals surface area contributed by atoms with Gasteiger partial charge >= 0.3 is 6.18 Å². The molecule has 0 bridgehead atoms. The standard InChI is InChI=1S/C10H7F3N2O2/c1-17-8-3-6(9(15)16)7(10(11,12)13)2-5(8)4-14/h2-3H,1H3,(H2,15,16). The minimum absolute atomic E-state index is 0.130. The Bertz CT molecular complexity index is 503. The largest absolute Gasteiger partial charge is 0.495 e. The molecule has 4 nitrogen and oxygen atoms in total. The summed E-state index contributed by atoms with van der Waals surface area (Å²) in [5.74, 6) is -1.37. The molecule has 0 unspecified atom stereocenters. The first-order chi connectivity index (χ1) is 7.81. The predicted octanol–water partition coefficient (Wildman–Crippen LogP) is 1.68. The Morgan fingerprint density at radius 1 is 1.47 bits per heavy atom. The summed E-state index contributed by atoms with van der Waals surface area (Å²) in [4.78, 5) is 10.9. The highest BCUT2D eigenvalue weighted by Crippen LogP contribution is 2.35. The van der Waals surface area contributed by atoms with Crippen LogP contribution in [0, 0.1) is 11.3 Å². The third-order valence-corrected chi connectivity index (χ3v) is 2.03. The molecule has 1 amide bonds. The van der Waals surface area contributed by atoms with Crippen molar-refractivity contribution in [1.29, 1.82) is 5.26 Å². The van der Waals surface area contributed by atoms with E-state index in [4.69, 9.17) is 15.7 Å². The molecule has 0 aliphatic rings. The Labute approximate surface area is 94.4 Å². The topological polar surface area (TPSA) is 76.1 Å². The zero-order valence-corrected chi connectivity index (χ0v) is 8.63. The molecule has 0 atom stereocenters. The highest BCUT2D eigenvalue weighted by molar-refractivity contribution is 5.95. The van der Waals surface area contributed by atoms with E-state index >= 15 is 0 Å². The zero-order chi connectivity index (χ0) is 13.2. The number of alkyl halides is 3. The van der Waals surface area contributed by atoms with Gasteiger partial charge in [-0.05, 0) is 12.1 Å². The molecule has 1 aromatic rings. The minimum atomic E-state index is -4.76. The fraction of sp³-hybridized carbons (Fsp3) is 0.200. The Balaban J connectivity index is 3.59. The van der Waals surface area contributed by atoms with E-state index in [0.29, 0.717) is 6.07 Å². The molecule has 0 fully saturated rings. The number of hydrogen-bond acceptors (Lipinski definition) is 3. The van der Waals surface area contributed by atoms with E-state index in [1.807, 2.05) is 0 Å². The summed E-state index contributed by atoms with van der Waals surface area (Å²) < 4.78 is 42.5. The summed E-state index contributed by atoms with van der Waals surface area (Å²) in [5.41, 5.74) is 2.56. The molecule has 7 heteroatoms. The second kappa shape index (κ2) is 4.33. The lowest BCUT2D eigenvalue weighted by Gasteiger charge is -2.13. The number of nitrogens with two attached hydrogens (primary N) is 1. The highest BCUT2D eigenvalue weighted by Gasteiger charge is 2.36. The average molecular weight is 244 g/mol. The second-order valence-electron chi connectivity index (χ2n) is 3.07. The van der Waals surface area contributed by atoms with Crippen molar-refractivity contribution in [3.63, 3.8) is 0 Å². The van der Waals surface area contributed by atoms with E-state index in [9.17, 15) is 18.0 Å². The van der Waals surface area contributed by atoms with Gasteiger partial charge in [0.05, 0.1) is 23.8 Å². The summed E-state index contributed by atoms with van der Waals surface area (Å²) in [6.07, 6.45) is -4.76. The summed E-state index contributed by atoms with van der Waals surface area (Å²) >= 11 is 0. The first-order valence-electron chi connectivity index (χ1n) is 4.30. The first-order valence-corrected chi connectivity index (χ1v) is 4.30. The van der Waals surface area contributed by atoms with Crippen LogP contribution >= 0.6 is 0 Å². The number of nitrogens with zero attached hydrogens (tertiary/aromatic N) is 1. The fourth-order valence-electron chi connectivity index (χ4n) is 1.27. The van der Waals surface area contributed by atoms with Crippen molar-refractivity contribution in [3.05, 3.63) is 28.8 Å². The van der Waals surface area contributed by atoms with E-state index < -0.39 is 23.2 Å². The molecule has 0 aliphatic heterocycles.